The lowest BCUT2D eigenvalue weighted by Gasteiger charge is -2.08. The second-order valence-electron chi connectivity index (χ2n) is 3.34. The number of aromatic hydroxyl groups is 1. The molecule has 2 nitrogen and oxygen atoms in total. The average Bonchev–Trinajstić information content (AvgIpc) is 2.31. The van der Waals surface area contributed by atoms with Crippen molar-refractivity contribution >= 4 is 22.9 Å². The molecule has 0 aromatic heterocycles. The van der Waals surface area contributed by atoms with Crippen molar-refractivity contribution in [3.63, 3.8) is 0 Å². The highest BCUT2D eigenvalue weighted by atomic mass is 32.1. The number of benzene rings is 2. The van der Waals surface area contributed by atoms with Crippen LogP contribution in [-0.4, -0.2) is 10.1 Å². The van der Waals surface area contributed by atoms with Crippen LogP contribution in [0.2, 0.25) is 0 Å². The summed E-state index contributed by atoms with van der Waals surface area (Å²) in [5.41, 5.74) is 1.55. The zero-order valence-corrected chi connectivity index (χ0v) is 9.37. The molecule has 0 aliphatic rings. The molecule has 0 aliphatic heterocycles. The first kappa shape index (κ1) is 10.6. The number of anilines is 1. The summed E-state index contributed by atoms with van der Waals surface area (Å²) >= 11 is 5.22. The van der Waals surface area contributed by atoms with Crippen molar-refractivity contribution in [1.82, 2.24) is 0 Å². The lowest BCUT2D eigenvalue weighted by Crippen LogP contribution is -2.10. The Kier molecular flexibility index (Phi) is 3.17. The fraction of sp³-hybridized carbons (Fsp3) is 0. The van der Waals surface area contributed by atoms with Gasteiger partial charge in [0.05, 0.1) is 5.56 Å². The second-order valence-corrected chi connectivity index (χ2v) is 3.75. The van der Waals surface area contributed by atoms with E-state index in [1.807, 2.05) is 36.4 Å². The van der Waals surface area contributed by atoms with Crippen LogP contribution in [0.1, 0.15) is 5.56 Å². The van der Waals surface area contributed by atoms with Gasteiger partial charge in [-0.3, -0.25) is 0 Å². The zero-order valence-electron chi connectivity index (χ0n) is 8.55. The van der Waals surface area contributed by atoms with Gasteiger partial charge in [-0.15, -0.1) is 0 Å². The summed E-state index contributed by atoms with van der Waals surface area (Å²) in [5, 5.41) is 12.7. The molecule has 0 saturated heterocycles. The third-order valence-corrected chi connectivity index (χ3v) is 2.50. The molecule has 0 heterocycles. The summed E-state index contributed by atoms with van der Waals surface area (Å²) in [4.78, 5) is 0.518. The molecular formula is C13H11NOS. The highest BCUT2D eigenvalue weighted by molar-refractivity contribution is 7.81. The standard InChI is InChI=1S/C13H11NOS/c15-12-9-5-4-8-11(12)13(16)14-10-6-2-1-3-7-10/h1-9,15H,(H,14,16). The predicted molar refractivity (Wildman–Crippen MR) is 69.9 cm³/mol. The van der Waals surface area contributed by atoms with E-state index in [2.05, 4.69) is 5.32 Å². The minimum Gasteiger partial charge on any atom is -0.507 e. The van der Waals surface area contributed by atoms with Gasteiger partial charge in [-0.05, 0) is 24.3 Å². The molecule has 0 aliphatic carbocycles. The Labute approximate surface area is 99.6 Å². The largest absolute Gasteiger partial charge is 0.507 e. The molecule has 2 N–H and O–H groups in total. The van der Waals surface area contributed by atoms with Gasteiger partial charge in [0.15, 0.2) is 0 Å². The summed E-state index contributed by atoms with van der Waals surface area (Å²) < 4.78 is 0. The van der Waals surface area contributed by atoms with Gasteiger partial charge >= 0.3 is 0 Å². The maximum Gasteiger partial charge on any atom is 0.125 e. The highest BCUT2D eigenvalue weighted by Crippen LogP contribution is 2.18. The van der Waals surface area contributed by atoms with E-state index in [0.717, 1.165) is 5.69 Å². The van der Waals surface area contributed by atoms with Gasteiger partial charge in [-0.1, -0.05) is 42.5 Å². The molecule has 0 unspecified atom stereocenters. The third-order valence-electron chi connectivity index (χ3n) is 2.18. The molecule has 0 atom stereocenters. The summed E-state index contributed by atoms with van der Waals surface area (Å²) in [6, 6.07) is 16.7. The van der Waals surface area contributed by atoms with Crippen LogP contribution in [0, 0.1) is 0 Å². The van der Waals surface area contributed by atoms with Crippen molar-refractivity contribution < 1.29 is 5.11 Å². The zero-order chi connectivity index (χ0) is 11.4. The van der Waals surface area contributed by atoms with Crippen LogP contribution >= 0.6 is 12.2 Å². The minimum absolute atomic E-state index is 0.191. The van der Waals surface area contributed by atoms with E-state index in [9.17, 15) is 5.11 Å². The molecule has 0 fully saturated rings. The first-order chi connectivity index (χ1) is 7.77. The summed E-state index contributed by atoms with van der Waals surface area (Å²) in [5.74, 6) is 0.191. The average molecular weight is 229 g/mol. The van der Waals surface area contributed by atoms with Crippen LogP contribution in [0.5, 0.6) is 5.75 Å². The number of thiocarbonyl (C=S) groups is 1. The first-order valence-electron chi connectivity index (χ1n) is 4.92. The van der Waals surface area contributed by atoms with Gasteiger partial charge in [0, 0.05) is 5.69 Å². The fourth-order valence-electron chi connectivity index (χ4n) is 1.39. The molecule has 0 radical (unpaired) electrons. The maximum absolute atomic E-state index is 9.63. The molecule has 3 heteroatoms. The summed E-state index contributed by atoms with van der Waals surface area (Å²) in [6.07, 6.45) is 0. The molecule has 2 aromatic rings. The predicted octanol–water partition coefficient (Wildman–Crippen LogP) is 3.18. The fourth-order valence-corrected chi connectivity index (χ4v) is 1.68. The van der Waals surface area contributed by atoms with Crippen LogP contribution in [0.15, 0.2) is 54.6 Å². The van der Waals surface area contributed by atoms with E-state index in [1.54, 1.807) is 18.2 Å². The molecular weight excluding hydrogens is 218 g/mol. The number of hydrogen-bond donors (Lipinski definition) is 2. The van der Waals surface area contributed by atoms with Crippen molar-refractivity contribution in [2.75, 3.05) is 5.32 Å². The van der Waals surface area contributed by atoms with Crippen molar-refractivity contribution in [3.8, 4) is 5.75 Å². The Bertz CT molecular complexity index is 496. The topological polar surface area (TPSA) is 32.3 Å². The van der Waals surface area contributed by atoms with Gasteiger partial charge in [-0.2, -0.15) is 0 Å². The molecule has 0 amide bonds. The van der Waals surface area contributed by atoms with E-state index in [4.69, 9.17) is 12.2 Å². The van der Waals surface area contributed by atoms with Crippen molar-refractivity contribution in [1.29, 1.82) is 0 Å². The molecule has 0 spiro atoms. The van der Waals surface area contributed by atoms with Crippen LogP contribution in [0.25, 0.3) is 0 Å². The minimum atomic E-state index is 0.191. The van der Waals surface area contributed by atoms with Crippen LogP contribution in [-0.2, 0) is 0 Å². The van der Waals surface area contributed by atoms with Crippen LogP contribution in [0.4, 0.5) is 5.69 Å². The summed E-state index contributed by atoms with van der Waals surface area (Å²) in [7, 11) is 0. The van der Waals surface area contributed by atoms with Gasteiger partial charge in [0.1, 0.15) is 10.7 Å². The maximum atomic E-state index is 9.63. The Balaban J connectivity index is 2.19. The van der Waals surface area contributed by atoms with Gasteiger partial charge in [-0.25, -0.2) is 0 Å². The highest BCUT2D eigenvalue weighted by Gasteiger charge is 2.05. The van der Waals surface area contributed by atoms with E-state index in [-0.39, 0.29) is 5.75 Å². The number of para-hydroxylation sites is 2. The normalized spacial score (nSPS) is 9.75. The molecule has 16 heavy (non-hydrogen) atoms. The van der Waals surface area contributed by atoms with Crippen molar-refractivity contribution in [2.24, 2.45) is 0 Å². The van der Waals surface area contributed by atoms with E-state index in [0.29, 0.717) is 10.6 Å². The molecule has 2 rings (SSSR count). The van der Waals surface area contributed by atoms with Crippen molar-refractivity contribution in [2.45, 2.75) is 0 Å². The Hall–Kier alpha value is -1.87. The van der Waals surface area contributed by atoms with Gasteiger partial charge in [0.25, 0.3) is 0 Å². The number of rotatable bonds is 2. The Morgan fingerprint density at radius 3 is 2.25 bits per heavy atom. The van der Waals surface area contributed by atoms with Gasteiger partial charge in [0.2, 0.25) is 0 Å². The number of phenolic OH excluding ortho intramolecular Hbond substituents is 1. The van der Waals surface area contributed by atoms with Crippen molar-refractivity contribution in [3.05, 3.63) is 60.2 Å². The number of nitrogens with one attached hydrogen (secondary N) is 1. The molecule has 2 aromatic carbocycles. The molecule has 80 valence electrons. The first-order valence-corrected chi connectivity index (χ1v) is 5.32. The smallest absolute Gasteiger partial charge is 0.125 e. The Morgan fingerprint density at radius 1 is 0.938 bits per heavy atom. The molecule has 0 saturated carbocycles. The quantitative estimate of drug-likeness (QED) is 0.776. The number of phenols is 1. The van der Waals surface area contributed by atoms with Gasteiger partial charge < -0.3 is 10.4 Å². The van der Waals surface area contributed by atoms with E-state index >= 15 is 0 Å². The SMILES string of the molecule is Oc1ccccc1C(=S)Nc1ccccc1. The number of hydrogen-bond acceptors (Lipinski definition) is 2. The van der Waals surface area contributed by atoms with Crippen LogP contribution < -0.4 is 5.32 Å². The monoisotopic (exact) mass is 229 g/mol. The lowest BCUT2D eigenvalue weighted by molar-refractivity contribution is 0.474. The molecule has 0 bridgehead atoms. The van der Waals surface area contributed by atoms with E-state index in [1.165, 1.54) is 0 Å². The lowest BCUT2D eigenvalue weighted by atomic mass is 10.2. The van der Waals surface area contributed by atoms with E-state index < -0.39 is 0 Å². The van der Waals surface area contributed by atoms with Crippen LogP contribution in [0.3, 0.4) is 0 Å². The second kappa shape index (κ2) is 4.77. The third kappa shape index (κ3) is 2.38. The summed E-state index contributed by atoms with van der Waals surface area (Å²) in [6.45, 7) is 0. The Morgan fingerprint density at radius 2 is 1.56 bits per heavy atom.